The predicted octanol–water partition coefficient (Wildman–Crippen LogP) is 11.0. The van der Waals surface area contributed by atoms with Crippen LogP contribution in [0.5, 0.6) is 11.5 Å². The second kappa shape index (κ2) is 19.2. The van der Waals surface area contributed by atoms with Crippen molar-refractivity contribution in [1.82, 2.24) is 0 Å². The molecule has 9 heteroatoms. The Kier molecular flexibility index (Phi) is 15.1. The molecule has 0 saturated heterocycles. The van der Waals surface area contributed by atoms with Crippen molar-refractivity contribution in [3.63, 3.8) is 0 Å². The molecule has 0 spiro atoms. The van der Waals surface area contributed by atoms with Crippen molar-refractivity contribution in [2.24, 2.45) is 9.98 Å². The number of halogens is 4. The molecule has 0 bridgehead atoms. The van der Waals surface area contributed by atoms with Crippen LogP contribution in [-0.2, 0) is 16.5 Å². The van der Waals surface area contributed by atoms with E-state index in [0.717, 1.165) is 31.2 Å². The van der Waals surface area contributed by atoms with E-state index in [4.69, 9.17) is 9.98 Å². The summed E-state index contributed by atoms with van der Waals surface area (Å²) >= 11 is 13.4. The Morgan fingerprint density at radius 3 is 0.959 bits per heavy atom. The summed E-state index contributed by atoms with van der Waals surface area (Å²) in [5, 5.41) is 24.5. The van der Waals surface area contributed by atoms with Gasteiger partial charge in [-0.25, -0.2) is 0 Å². The van der Waals surface area contributed by atoms with E-state index < -0.39 is 0 Å². The van der Waals surface area contributed by atoms with E-state index >= 15 is 0 Å². The molecule has 0 radical (unpaired) electrons. The van der Waals surface area contributed by atoms with Crippen LogP contribution in [0.1, 0.15) is 45.5 Å². The summed E-state index contributed by atoms with van der Waals surface area (Å²) in [6, 6.07) is 47.0. The van der Waals surface area contributed by atoms with Crippen molar-refractivity contribution in [3.05, 3.63) is 197 Å². The number of hydrogen-bond acceptors (Lipinski definition) is 4. The van der Waals surface area contributed by atoms with E-state index in [1.54, 1.807) is 36.7 Å². The Hall–Kier alpha value is -3.33. The minimum absolute atomic E-state index is 0. The van der Waals surface area contributed by atoms with Crippen LogP contribution < -0.4 is 10.2 Å². The minimum Gasteiger partial charge on any atom is -0.871 e. The molecular weight excluding hydrogens is 919 g/mol. The van der Waals surface area contributed by atoms with Crippen LogP contribution in [0.3, 0.4) is 0 Å². The van der Waals surface area contributed by atoms with E-state index in [1.165, 1.54) is 0 Å². The monoisotopic (exact) mass is 942 g/mol. The zero-order valence-corrected chi connectivity index (χ0v) is 33.0. The fourth-order valence-corrected chi connectivity index (χ4v) is 7.45. The van der Waals surface area contributed by atoms with Crippen molar-refractivity contribution in [2.75, 3.05) is 0 Å². The minimum atomic E-state index is -0.149. The topological polar surface area (TPSA) is 70.8 Å². The van der Waals surface area contributed by atoms with Crippen LogP contribution in [0.2, 0.25) is 0 Å². The molecule has 0 aliphatic carbocycles. The zero-order chi connectivity index (χ0) is 33.9. The van der Waals surface area contributed by atoms with Gasteiger partial charge in [-0.3, -0.25) is 9.98 Å². The predicted molar refractivity (Wildman–Crippen MR) is 207 cm³/mol. The first-order valence-corrected chi connectivity index (χ1v) is 18.1. The molecule has 0 saturated carbocycles. The second-order valence-corrected chi connectivity index (χ2v) is 14.2. The summed E-state index contributed by atoms with van der Waals surface area (Å²) in [4.78, 5) is 9.42. The van der Waals surface area contributed by atoms with Gasteiger partial charge in [0.05, 0.1) is 12.1 Å². The standard InChI is InChI=1S/2C20H15Br2NO.Ni/c2*21-17-11-16(20(24)18(22)12-17)13-23-19(14-7-3-1-4-8-14)15-9-5-2-6-10-15;/h2*1-13,19,24H;/q;;+2/p-2. The van der Waals surface area contributed by atoms with E-state index in [2.05, 4.69) is 63.7 Å². The summed E-state index contributed by atoms with van der Waals surface area (Å²) in [5.41, 5.74) is 5.44. The second-order valence-electron chi connectivity index (χ2n) is 10.6. The first-order valence-electron chi connectivity index (χ1n) is 14.9. The molecule has 6 rings (SSSR count). The molecule has 248 valence electrons. The van der Waals surface area contributed by atoms with E-state index in [1.807, 2.05) is 121 Å². The average molecular weight is 947 g/mol. The van der Waals surface area contributed by atoms with Crippen LogP contribution in [0.15, 0.2) is 173 Å². The first kappa shape index (κ1) is 38.5. The smallest absolute Gasteiger partial charge is 0.871 e. The molecule has 0 atom stereocenters. The number of aliphatic imine (C=N–C) groups is 2. The largest absolute Gasteiger partial charge is 2.00 e. The van der Waals surface area contributed by atoms with E-state index in [-0.39, 0.29) is 40.1 Å². The molecule has 0 amide bonds. The third-order valence-corrected chi connectivity index (χ3v) is 9.35. The molecule has 0 heterocycles. The average Bonchev–Trinajstić information content (AvgIpc) is 3.11. The Morgan fingerprint density at radius 1 is 0.429 bits per heavy atom. The zero-order valence-electron chi connectivity index (χ0n) is 25.7. The molecule has 0 aliphatic heterocycles. The van der Waals surface area contributed by atoms with Crippen molar-refractivity contribution in [3.8, 4) is 11.5 Å². The van der Waals surface area contributed by atoms with Gasteiger partial charge in [-0.15, -0.1) is 0 Å². The van der Waals surface area contributed by atoms with Crippen molar-refractivity contribution in [2.45, 2.75) is 12.1 Å². The van der Waals surface area contributed by atoms with Crippen LogP contribution in [0.4, 0.5) is 0 Å². The van der Waals surface area contributed by atoms with Crippen LogP contribution in [0, 0.1) is 0 Å². The van der Waals surface area contributed by atoms with Gasteiger partial charge in [0.2, 0.25) is 0 Å². The molecule has 6 aromatic carbocycles. The van der Waals surface area contributed by atoms with Crippen LogP contribution in [-0.4, -0.2) is 12.4 Å². The molecule has 0 N–H and O–H groups in total. The summed E-state index contributed by atoms with van der Waals surface area (Å²) in [7, 11) is 0. The van der Waals surface area contributed by atoms with Gasteiger partial charge in [0, 0.05) is 30.3 Å². The van der Waals surface area contributed by atoms with Crippen LogP contribution >= 0.6 is 63.7 Å². The fraction of sp³-hybridized carbons (Fsp3) is 0.0500. The summed E-state index contributed by atoms with van der Waals surface area (Å²) in [6.45, 7) is 0. The quantitative estimate of drug-likeness (QED) is 0.113. The third-order valence-electron chi connectivity index (χ3n) is 7.26. The van der Waals surface area contributed by atoms with E-state index in [9.17, 15) is 10.2 Å². The number of nitrogens with zero attached hydrogens (tertiary/aromatic N) is 2. The maximum Gasteiger partial charge on any atom is 2.00 e. The Morgan fingerprint density at radius 2 is 0.694 bits per heavy atom. The summed E-state index contributed by atoms with van der Waals surface area (Å²) in [6.07, 6.45) is 3.31. The Balaban J connectivity index is 0.000000216. The summed E-state index contributed by atoms with van der Waals surface area (Å²) in [5.74, 6) is -0.136. The first-order chi connectivity index (χ1) is 23.3. The Labute approximate surface area is 330 Å². The molecule has 0 aromatic heterocycles. The molecule has 0 unspecified atom stereocenters. The fourth-order valence-electron chi connectivity index (χ4n) is 4.93. The Bertz CT molecular complexity index is 1770. The van der Waals surface area contributed by atoms with Gasteiger partial charge in [0.15, 0.2) is 0 Å². The van der Waals surface area contributed by atoms with Crippen molar-refractivity contribution < 1.29 is 26.7 Å². The van der Waals surface area contributed by atoms with Gasteiger partial charge < -0.3 is 10.2 Å². The molecule has 49 heavy (non-hydrogen) atoms. The maximum absolute atomic E-state index is 12.2. The number of rotatable bonds is 8. The maximum atomic E-state index is 12.2. The van der Waals surface area contributed by atoms with Gasteiger partial charge in [0.1, 0.15) is 0 Å². The van der Waals surface area contributed by atoms with Crippen molar-refractivity contribution in [1.29, 1.82) is 0 Å². The van der Waals surface area contributed by atoms with Gasteiger partial charge in [0.25, 0.3) is 0 Å². The molecule has 4 nitrogen and oxygen atoms in total. The van der Waals surface area contributed by atoms with Gasteiger partial charge in [-0.05, 0) is 57.6 Å². The number of hydrogen-bond donors (Lipinski definition) is 0. The summed E-state index contributed by atoms with van der Waals surface area (Å²) < 4.78 is 2.72. The van der Waals surface area contributed by atoms with Crippen molar-refractivity contribution >= 4 is 76.1 Å². The van der Waals surface area contributed by atoms with Gasteiger partial charge in [-0.1, -0.05) is 197 Å². The van der Waals surface area contributed by atoms with E-state index in [0.29, 0.717) is 20.1 Å². The molecule has 0 aliphatic rings. The SMILES string of the molecule is [Ni+2].[O-]c1c(Br)cc(Br)cc1C=NC(c1ccccc1)c1ccccc1.[O-]c1c(Br)cc(Br)cc1C=NC(c1ccccc1)c1ccccc1. The normalized spacial score (nSPS) is 11.1. The molecular formula is C40H28Br4N2NiO2. The molecule has 0 fully saturated rings. The van der Waals surface area contributed by atoms with Gasteiger partial charge >= 0.3 is 16.5 Å². The van der Waals surface area contributed by atoms with Gasteiger partial charge in [-0.2, -0.15) is 0 Å². The molecule has 6 aromatic rings. The third kappa shape index (κ3) is 10.8. The van der Waals surface area contributed by atoms with Crippen LogP contribution in [0.25, 0.3) is 0 Å². The number of benzene rings is 6.